The van der Waals surface area contributed by atoms with Gasteiger partial charge in [0.2, 0.25) is 11.9 Å². The Morgan fingerprint density at radius 1 is 0.959 bits per heavy atom. The number of benzene rings is 1. The fraction of sp³-hybridized carbons (Fsp3) is 0.667. The number of nitrogens with zero attached hydrogens (tertiary/aromatic N) is 5. The van der Waals surface area contributed by atoms with Gasteiger partial charge in [-0.3, -0.25) is 14.5 Å². The van der Waals surface area contributed by atoms with Gasteiger partial charge in [-0.1, -0.05) is 6.42 Å². The van der Waals surface area contributed by atoms with Crippen LogP contribution in [-0.2, 0) is 22.1 Å². The molecule has 6 rings (SSSR count). The maximum absolute atomic E-state index is 14.1. The molecular formula is C36H50F3N7O3. The van der Waals surface area contributed by atoms with Gasteiger partial charge < -0.3 is 25.2 Å². The van der Waals surface area contributed by atoms with E-state index < -0.39 is 11.7 Å². The average molecular weight is 686 g/mol. The minimum atomic E-state index is -4.62. The Balaban J connectivity index is 1.07. The van der Waals surface area contributed by atoms with Gasteiger partial charge in [0.25, 0.3) is 5.91 Å². The van der Waals surface area contributed by atoms with Gasteiger partial charge in [0, 0.05) is 61.6 Å². The summed E-state index contributed by atoms with van der Waals surface area (Å²) in [5.41, 5.74) is 0.123. The average Bonchev–Trinajstić information content (AvgIpc) is 3.57. The van der Waals surface area contributed by atoms with E-state index in [2.05, 4.69) is 37.4 Å². The summed E-state index contributed by atoms with van der Waals surface area (Å²) in [6, 6.07) is 7.64. The second-order valence-corrected chi connectivity index (χ2v) is 14.4. The molecule has 268 valence electrons. The zero-order valence-corrected chi connectivity index (χ0v) is 28.7. The molecule has 2 aliphatic heterocycles. The van der Waals surface area contributed by atoms with Gasteiger partial charge in [0.05, 0.1) is 24.5 Å². The number of aromatic nitrogens is 2. The van der Waals surface area contributed by atoms with Gasteiger partial charge in [0.15, 0.2) is 0 Å². The molecule has 1 aromatic carbocycles. The molecule has 49 heavy (non-hydrogen) atoms. The fourth-order valence-corrected chi connectivity index (χ4v) is 8.16. The number of morpholine rings is 1. The second kappa shape index (κ2) is 15.7. The highest BCUT2D eigenvalue weighted by Crippen LogP contribution is 2.38. The summed E-state index contributed by atoms with van der Waals surface area (Å²) >= 11 is 0. The van der Waals surface area contributed by atoms with Gasteiger partial charge in [-0.2, -0.15) is 13.2 Å². The van der Waals surface area contributed by atoms with E-state index in [9.17, 15) is 22.8 Å². The van der Waals surface area contributed by atoms with Crippen LogP contribution in [-0.4, -0.2) is 108 Å². The van der Waals surface area contributed by atoms with Crippen molar-refractivity contribution in [2.24, 2.45) is 11.8 Å². The van der Waals surface area contributed by atoms with Crippen LogP contribution < -0.4 is 10.6 Å². The number of alkyl halides is 3. The molecule has 10 nitrogen and oxygen atoms in total. The van der Waals surface area contributed by atoms with Crippen molar-refractivity contribution in [3.8, 4) is 0 Å². The molecule has 2 saturated carbocycles. The van der Waals surface area contributed by atoms with Crippen LogP contribution in [0, 0.1) is 11.8 Å². The highest BCUT2D eigenvalue weighted by Gasteiger charge is 2.39. The molecule has 2 aromatic rings. The number of anilines is 2. The Bertz CT molecular complexity index is 1420. The Kier molecular flexibility index (Phi) is 11.4. The molecule has 4 aliphatic rings. The maximum Gasteiger partial charge on any atom is 0.419 e. The van der Waals surface area contributed by atoms with E-state index in [0.29, 0.717) is 30.1 Å². The Morgan fingerprint density at radius 2 is 1.65 bits per heavy atom. The first-order valence-electron chi connectivity index (χ1n) is 17.9. The Hall–Kier alpha value is -3.29. The Morgan fingerprint density at radius 3 is 2.33 bits per heavy atom. The number of halogens is 3. The van der Waals surface area contributed by atoms with Crippen molar-refractivity contribution >= 4 is 23.5 Å². The number of likely N-dealkylation sites (tertiary alicyclic amines) is 1. The van der Waals surface area contributed by atoms with Gasteiger partial charge in [-0.05, 0) is 108 Å². The summed E-state index contributed by atoms with van der Waals surface area (Å²) in [5, 5.41) is 6.27. The Labute approximate surface area is 287 Å². The molecule has 2 amide bonds. The van der Waals surface area contributed by atoms with Gasteiger partial charge in [-0.25, -0.2) is 9.97 Å². The minimum absolute atomic E-state index is 0.0431. The van der Waals surface area contributed by atoms with Crippen LogP contribution in [0.2, 0.25) is 0 Å². The summed E-state index contributed by atoms with van der Waals surface area (Å²) in [4.78, 5) is 41.5. The lowest BCUT2D eigenvalue weighted by Crippen LogP contribution is -2.48. The first-order valence-corrected chi connectivity index (χ1v) is 17.9. The topological polar surface area (TPSA) is 103 Å². The van der Waals surface area contributed by atoms with Crippen molar-refractivity contribution in [2.45, 2.75) is 88.5 Å². The number of rotatable bonds is 9. The molecule has 2 saturated heterocycles. The SMILES string of the molecule is CN1CCC(N(C)C(=O)c2ccc(Nc3ncc(C(F)(F)F)c(C[C@@H]4CCC[C@@H]4C(=O)NC4CCC(N5CCOCC5)CC4)n3)cc2)CC1. The molecule has 13 heteroatoms. The third-order valence-corrected chi connectivity index (χ3v) is 11.2. The van der Waals surface area contributed by atoms with Crippen molar-refractivity contribution in [1.82, 2.24) is 30.0 Å². The third-order valence-electron chi connectivity index (χ3n) is 11.2. The zero-order chi connectivity index (χ0) is 34.5. The fourth-order valence-electron chi connectivity index (χ4n) is 8.16. The van der Waals surface area contributed by atoms with Crippen LogP contribution in [0.3, 0.4) is 0 Å². The highest BCUT2D eigenvalue weighted by atomic mass is 19.4. The second-order valence-electron chi connectivity index (χ2n) is 14.4. The van der Waals surface area contributed by atoms with Crippen LogP contribution in [0.1, 0.15) is 79.4 Å². The lowest BCUT2D eigenvalue weighted by Gasteiger charge is -2.39. The molecule has 1 aromatic heterocycles. The third kappa shape index (κ3) is 8.90. The predicted octanol–water partition coefficient (Wildman–Crippen LogP) is 5.12. The van der Waals surface area contributed by atoms with Crippen LogP contribution in [0.5, 0.6) is 0 Å². The number of carbonyl (C=O) groups is 2. The lowest BCUT2D eigenvalue weighted by atomic mass is 9.87. The predicted molar refractivity (Wildman–Crippen MR) is 180 cm³/mol. The van der Waals surface area contributed by atoms with Crippen LogP contribution in [0.4, 0.5) is 24.8 Å². The summed E-state index contributed by atoms with van der Waals surface area (Å²) < 4.78 is 47.9. The maximum atomic E-state index is 14.1. The van der Waals surface area contributed by atoms with Crippen molar-refractivity contribution in [3.05, 3.63) is 47.3 Å². The van der Waals surface area contributed by atoms with E-state index in [4.69, 9.17) is 4.74 Å². The number of ether oxygens (including phenoxy) is 1. The molecule has 2 N–H and O–H groups in total. The number of amides is 2. The number of piperidine rings is 1. The van der Waals surface area contributed by atoms with E-state index in [1.165, 1.54) is 0 Å². The monoisotopic (exact) mass is 685 g/mol. The van der Waals surface area contributed by atoms with E-state index >= 15 is 0 Å². The first kappa shape index (κ1) is 35.5. The number of carbonyl (C=O) groups excluding carboxylic acids is 2. The molecule has 2 atom stereocenters. The molecular weight excluding hydrogens is 635 g/mol. The standard InChI is InChI=1S/C36H50F3N7O3/c1-44-16-14-28(15-17-44)45(2)34(48)24-6-8-27(9-7-24)42-35-40-23-31(36(37,38)39)32(43-35)22-25-4-3-5-30(25)33(47)41-26-10-12-29(13-11-26)46-18-20-49-21-19-46/h6-9,23,25-26,28-30H,3-5,10-22H2,1-2H3,(H,41,47)(H,40,42,43)/t25-,26?,29?,30-/m0/s1. The number of hydrogen-bond donors (Lipinski definition) is 2. The molecule has 0 radical (unpaired) electrons. The first-order chi connectivity index (χ1) is 23.5. The van der Waals surface area contributed by atoms with Gasteiger partial charge in [-0.15, -0.1) is 0 Å². The van der Waals surface area contributed by atoms with E-state index in [0.717, 1.165) is 90.5 Å². The van der Waals surface area contributed by atoms with E-state index in [1.807, 2.05) is 7.05 Å². The normalized spacial score (nSPS) is 26.0. The van der Waals surface area contributed by atoms with Gasteiger partial charge in [0.1, 0.15) is 0 Å². The summed E-state index contributed by atoms with van der Waals surface area (Å²) in [6.45, 7) is 5.35. The number of hydrogen-bond acceptors (Lipinski definition) is 8. The van der Waals surface area contributed by atoms with Crippen molar-refractivity contribution in [2.75, 3.05) is 58.8 Å². The zero-order valence-electron chi connectivity index (χ0n) is 28.7. The van der Waals surface area contributed by atoms with Crippen LogP contribution >= 0.6 is 0 Å². The molecule has 2 aliphatic carbocycles. The summed E-state index contributed by atoms with van der Waals surface area (Å²) in [5.74, 6) is -0.650. The summed E-state index contributed by atoms with van der Waals surface area (Å²) in [7, 11) is 3.91. The minimum Gasteiger partial charge on any atom is -0.379 e. The highest BCUT2D eigenvalue weighted by molar-refractivity contribution is 5.94. The van der Waals surface area contributed by atoms with Crippen molar-refractivity contribution in [3.63, 3.8) is 0 Å². The van der Waals surface area contributed by atoms with E-state index in [1.54, 1.807) is 29.2 Å². The van der Waals surface area contributed by atoms with E-state index in [-0.39, 0.29) is 53.8 Å². The smallest absolute Gasteiger partial charge is 0.379 e. The largest absolute Gasteiger partial charge is 0.419 e. The number of nitrogens with one attached hydrogen (secondary N) is 2. The van der Waals surface area contributed by atoms with Crippen LogP contribution in [0.25, 0.3) is 0 Å². The molecule has 0 spiro atoms. The van der Waals surface area contributed by atoms with Crippen molar-refractivity contribution < 1.29 is 27.5 Å². The summed E-state index contributed by atoms with van der Waals surface area (Å²) in [6.07, 6.45) is 4.11. The molecule has 4 fully saturated rings. The molecule has 3 heterocycles. The quantitative estimate of drug-likeness (QED) is 0.375. The van der Waals surface area contributed by atoms with Gasteiger partial charge >= 0.3 is 6.18 Å². The lowest BCUT2D eigenvalue weighted by molar-refractivity contribution is -0.138. The van der Waals surface area contributed by atoms with Crippen LogP contribution in [0.15, 0.2) is 30.5 Å². The van der Waals surface area contributed by atoms with Crippen molar-refractivity contribution in [1.29, 1.82) is 0 Å². The molecule has 0 unspecified atom stereocenters. The molecule has 0 bridgehead atoms.